The fourth-order valence-electron chi connectivity index (χ4n) is 7.36. The average Bonchev–Trinajstić information content (AvgIpc) is 3.06. The predicted molar refractivity (Wildman–Crippen MR) is 107 cm³/mol. The van der Waals surface area contributed by atoms with Crippen molar-refractivity contribution < 1.29 is 0 Å². The van der Waals surface area contributed by atoms with Crippen molar-refractivity contribution in [3.8, 4) is 0 Å². The third kappa shape index (κ3) is 3.68. The summed E-state index contributed by atoms with van der Waals surface area (Å²) in [6.07, 6.45) is 13.3. The van der Waals surface area contributed by atoms with Crippen LogP contribution in [-0.2, 0) is 0 Å². The minimum absolute atomic E-state index is 0.804. The minimum atomic E-state index is 0.804. The topological polar surface area (TPSA) is 24.1 Å². The van der Waals surface area contributed by atoms with Crippen LogP contribution in [0, 0.1) is 41.4 Å². The van der Waals surface area contributed by atoms with E-state index in [9.17, 15) is 0 Å². The van der Waals surface area contributed by atoms with Crippen LogP contribution in [0.15, 0.2) is 0 Å². The van der Waals surface area contributed by atoms with Crippen molar-refractivity contribution in [1.29, 1.82) is 0 Å². The molecule has 4 fully saturated rings. The first-order chi connectivity index (χ1) is 12.1. The van der Waals surface area contributed by atoms with Gasteiger partial charge in [-0.2, -0.15) is 0 Å². The number of hydrogen-bond acceptors (Lipinski definition) is 2. The van der Waals surface area contributed by atoms with Crippen molar-refractivity contribution in [2.24, 2.45) is 41.4 Å². The quantitative estimate of drug-likeness (QED) is 0.761. The largest absolute Gasteiger partial charge is 0.313 e. The Labute approximate surface area is 156 Å². The van der Waals surface area contributed by atoms with E-state index < -0.39 is 0 Å². The Morgan fingerprint density at radius 1 is 0.720 bits per heavy atom. The highest BCUT2D eigenvalue weighted by atomic mass is 15.0. The van der Waals surface area contributed by atoms with Gasteiger partial charge in [0.05, 0.1) is 0 Å². The van der Waals surface area contributed by atoms with Gasteiger partial charge in [-0.05, 0) is 86.6 Å². The Morgan fingerprint density at radius 2 is 1.36 bits per heavy atom. The monoisotopic (exact) mass is 346 g/mol. The van der Waals surface area contributed by atoms with E-state index >= 15 is 0 Å². The summed E-state index contributed by atoms with van der Waals surface area (Å²) in [5, 5.41) is 7.94. The molecule has 2 saturated heterocycles. The number of fused-ring (bicyclic) bond motifs is 2. The molecule has 0 amide bonds. The summed E-state index contributed by atoms with van der Waals surface area (Å²) in [6.45, 7) is 10.1. The van der Waals surface area contributed by atoms with E-state index in [4.69, 9.17) is 0 Å². The molecule has 2 nitrogen and oxygen atoms in total. The summed E-state index contributed by atoms with van der Waals surface area (Å²) in [5.74, 6) is 6.56. The highest BCUT2D eigenvalue weighted by Gasteiger charge is 2.44. The molecule has 2 aliphatic carbocycles. The van der Waals surface area contributed by atoms with Crippen molar-refractivity contribution in [2.75, 3.05) is 13.1 Å². The fraction of sp³-hybridized carbons (Fsp3) is 1.00. The first-order valence-corrected chi connectivity index (χ1v) is 11.6. The third-order valence-electron chi connectivity index (χ3n) is 8.76. The summed E-state index contributed by atoms with van der Waals surface area (Å²) >= 11 is 0. The zero-order valence-corrected chi connectivity index (χ0v) is 17.0. The van der Waals surface area contributed by atoms with Crippen molar-refractivity contribution in [1.82, 2.24) is 10.6 Å². The van der Waals surface area contributed by atoms with Gasteiger partial charge in [-0.3, -0.25) is 0 Å². The van der Waals surface area contributed by atoms with E-state index in [0.717, 1.165) is 53.5 Å². The maximum Gasteiger partial charge on any atom is 0.0101 e. The van der Waals surface area contributed by atoms with E-state index in [1.54, 1.807) is 0 Å². The molecule has 2 N–H and O–H groups in total. The number of rotatable bonds is 4. The lowest BCUT2D eigenvalue weighted by molar-refractivity contribution is 0.0403. The highest BCUT2D eigenvalue weighted by molar-refractivity contribution is 4.98. The molecular formula is C23H42N2. The van der Waals surface area contributed by atoms with E-state index in [1.165, 1.54) is 70.9 Å². The molecule has 2 heterocycles. The van der Waals surface area contributed by atoms with Crippen LogP contribution in [-0.4, -0.2) is 25.2 Å². The summed E-state index contributed by atoms with van der Waals surface area (Å²) < 4.78 is 0. The summed E-state index contributed by atoms with van der Waals surface area (Å²) in [6, 6.07) is 1.66. The van der Waals surface area contributed by atoms with Crippen molar-refractivity contribution in [3.63, 3.8) is 0 Å². The van der Waals surface area contributed by atoms with Gasteiger partial charge in [-0.1, -0.05) is 46.5 Å². The predicted octanol–water partition coefficient (Wildman–Crippen LogP) is 4.84. The van der Waals surface area contributed by atoms with Crippen LogP contribution in [0.2, 0.25) is 0 Å². The molecule has 0 spiro atoms. The van der Waals surface area contributed by atoms with Gasteiger partial charge in [0, 0.05) is 12.1 Å². The lowest BCUT2D eigenvalue weighted by Crippen LogP contribution is -2.54. The Morgan fingerprint density at radius 3 is 2.12 bits per heavy atom. The molecular weight excluding hydrogens is 304 g/mol. The number of hydrogen-bond donors (Lipinski definition) is 2. The van der Waals surface area contributed by atoms with E-state index in [1.807, 2.05) is 0 Å². The molecule has 2 aliphatic heterocycles. The molecule has 4 aliphatic rings. The zero-order valence-electron chi connectivity index (χ0n) is 17.0. The normalized spacial score (nSPS) is 45.8. The van der Waals surface area contributed by atoms with Gasteiger partial charge in [0.25, 0.3) is 0 Å². The number of nitrogens with one attached hydrogen (secondary N) is 2. The van der Waals surface area contributed by atoms with Gasteiger partial charge >= 0.3 is 0 Å². The second-order valence-corrected chi connectivity index (χ2v) is 10.4. The fourth-order valence-corrected chi connectivity index (χ4v) is 7.36. The molecule has 0 radical (unpaired) electrons. The zero-order chi connectivity index (χ0) is 17.4. The van der Waals surface area contributed by atoms with Crippen molar-refractivity contribution >= 4 is 0 Å². The molecule has 144 valence electrons. The molecule has 25 heavy (non-hydrogen) atoms. The van der Waals surface area contributed by atoms with Crippen molar-refractivity contribution in [3.05, 3.63) is 0 Å². The lowest BCUT2D eigenvalue weighted by Gasteiger charge is -2.49. The lowest BCUT2D eigenvalue weighted by atomic mass is 9.62. The van der Waals surface area contributed by atoms with Gasteiger partial charge < -0.3 is 10.6 Å². The van der Waals surface area contributed by atoms with Gasteiger partial charge in [0.15, 0.2) is 0 Å². The molecule has 0 aromatic rings. The van der Waals surface area contributed by atoms with Crippen LogP contribution in [0.5, 0.6) is 0 Å². The second kappa shape index (κ2) is 7.89. The van der Waals surface area contributed by atoms with Crippen LogP contribution in [0.1, 0.15) is 78.6 Å². The first kappa shape index (κ1) is 18.3. The molecule has 8 atom stereocenters. The first-order valence-electron chi connectivity index (χ1n) is 11.6. The Bertz CT molecular complexity index is 434. The molecule has 2 saturated carbocycles. The molecule has 0 aromatic heterocycles. The highest BCUT2D eigenvalue weighted by Crippen LogP contribution is 2.45. The van der Waals surface area contributed by atoms with Crippen LogP contribution < -0.4 is 10.6 Å². The van der Waals surface area contributed by atoms with E-state index in [2.05, 4.69) is 31.4 Å². The minimum Gasteiger partial charge on any atom is -0.313 e. The summed E-state index contributed by atoms with van der Waals surface area (Å²) in [5.41, 5.74) is 0. The average molecular weight is 347 g/mol. The van der Waals surface area contributed by atoms with Crippen LogP contribution in [0.25, 0.3) is 0 Å². The summed E-state index contributed by atoms with van der Waals surface area (Å²) in [4.78, 5) is 0. The van der Waals surface area contributed by atoms with Gasteiger partial charge in [0.1, 0.15) is 0 Å². The van der Waals surface area contributed by atoms with Crippen LogP contribution in [0.4, 0.5) is 0 Å². The maximum absolute atomic E-state index is 4.06. The smallest absolute Gasteiger partial charge is 0.0101 e. The standard InChI is InChI=1S/C23H42N2/c1-15(2)20-13-25-23(18-9-5-4-8-17(18)20)12-16(3)21-14-24-22-11-7-6-10-19(21)22/h15-25H,4-14H2,1-3H3. The molecule has 0 bridgehead atoms. The van der Waals surface area contributed by atoms with E-state index in [-0.39, 0.29) is 0 Å². The molecule has 0 aromatic carbocycles. The van der Waals surface area contributed by atoms with E-state index in [0.29, 0.717) is 0 Å². The van der Waals surface area contributed by atoms with Gasteiger partial charge in [-0.25, -0.2) is 0 Å². The Hall–Kier alpha value is -0.0800. The molecule has 2 heteroatoms. The van der Waals surface area contributed by atoms with Crippen LogP contribution in [0.3, 0.4) is 0 Å². The third-order valence-corrected chi connectivity index (χ3v) is 8.76. The SMILES string of the molecule is CC(C)C1CNC(CC(C)C2CNC3CCCCC32)C2CCCCC12. The Balaban J connectivity index is 1.40. The summed E-state index contributed by atoms with van der Waals surface area (Å²) in [7, 11) is 0. The molecule has 4 rings (SSSR count). The second-order valence-electron chi connectivity index (χ2n) is 10.4. The Kier molecular flexibility index (Phi) is 5.77. The number of piperidine rings is 1. The van der Waals surface area contributed by atoms with Gasteiger partial charge in [-0.15, -0.1) is 0 Å². The molecule has 8 unspecified atom stereocenters. The van der Waals surface area contributed by atoms with Crippen molar-refractivity contribution in [2.45, 2.75) is 90.6 Å². The van der Waals surface area contributed by atoms with Gasteiger partial charge in [0.2, 0.25) is 0 Å². The van der Waals surface area contributed by atoms with Crippen LogP contribution >= 0.6 is 0 Å². The maximum atomic E-state index is 4.06.